The van der Waals surface area contributed by atoms with Crippen LogP contribution in [0.3, 0.4) is 0 Å². The van der Waals surface area contributed by atoms with Crippen molar-refractivity contribution in [2.75, 3.05) is 26.6 Å². The minimum Gasteiger partial charge on any atom is -0.454 e. The Morgan fingerprint density at radius 3 is 3.05 bits per heavy atom. The molecule has 0 atom stereocenters. The number of carbonyl (C=O) groups excluding carboxylic acids is 1. The highest BCUT2D eigenvalue weighted by Crippen LogP contribution is 2.32. The number of ether oxygens (including phenoxy) is 3. The second-order valence-electron chi connectivity index (χ2n) is 5.61. The molecule has 1 fully saturated rings. The van der Waals surface area contributed by atoms with E-state index in [9.17, 15) is 4.79 Å². The van der Waals surface area contributed by atoms with E-state index in [1.54, 1.807) is 6.08 Å². The number of hydrogen-bond acceptors (Lipinski definition) is 4. The Morgan fingerprint density at radius 1 is 1.32 bits per heavy atom. The van der Waals surface area contributed by atoms with Crippen LogP contribution in [0.2, 0.25) is 0 Å². The molecule has 0 bridgehead atoms. The van der Waals surface area contributed by atoms with E-state index < -0.39 is 0 Å². The Morgan fingerprint density at radius 2 is 2.18 bits per heavy atom. The Hall–Kier alpha value is -2.01. The normalized spacial score (nSPS) is 16.2. The molecule has 1 aromatic carbocycles. The van der Waals surface area contributed by atoms with Gasteiger partial charge in [-0.05, 0) is 49.0 Å². The largest absolute Gasteiger partial charge is 0.454 e. The summed E-state index contributed by atoms with van der Waals surface area (Å²) >= 11 is 0. The highest BCUT2D eigenvalue weighted by molar-refractivity contribution is 5.91. The smallest absolute Gasteiger partial charge is 0.244 e. The predicted octanol–water partition coefficient (Wildman–Crippen LogP) is 2.36. The molecule has 22 heavy (non-hydrogen) atoms. The first-order valence-electron chi connectivity index (χ1n) is 7.74. The number of hydrogen-bond donors (Lipinski definition) is 1. The van der Waals surface area contributed by atoms with Crippen molar-refractivity contribution in [1.29, 1.82) is 0 Å². The van der Waals surface area contributed by atoms with Crippen LogP contribution in [0.25, 0.3) is 6.08 Å². The molecular weight excluding hydrogens is 282 g/mol. The maximum Gasteiger partial charge on any atom is 0.244 e. The zero-order valence-corrected chi connectivity index (χ0v) is 12.5. The van der Waals surface area contributed by atoms with Gasteiger partial charge in [-0.1, -0.05) is 6.07 Å². The summed E-state index contributed by atoms with van der Waals surface area (Å²) in [6.45, 7) is 2.47. The molecule has 1 N–H and O–H groups in total. The molecule has 1 heterocycles. The molecule has 1 amide bonds. The van der Waals surface area contributed by atoms with Crippen LogP contribution in [0.1, 0.15) is 24.8 Å². The molecule has 1 aliphatic heterocycles. The van der Waals surface area contributed by atoms with Crippen LogP contribution in [0.5, 0.6) is 11.5 Å². The molecule has 5 heteroatoms. The highest BCUT2D eigenvalue weighted by atomic mass is 16.7. The molecule has 3 rings (SSSR count). The number of rotatable bonds is 8. The van der Waals surface area contributed by atoms with Crippen LogP contribution in [0.4, 0.5) is 0 Å². The first-order valence-corrected chi connectivity index (χ1v) is 7.74. The minimum absolute atomic E-state index is 0.0974. The first kappa shape index (κ1) is 14.9. The fourth-order valence-corrected chi connectivity index (χ4v) is 2.17. The van der Waals surface area contributed by atoms with Gasteiger partial charge >= 0.3 is 0 Å². The number of benzene rings is 1. The lowest BCUT2D eigenvalue weighted by Gasteiger charge is -2.04. The second kappa shape index (κ2) is 7.31. The zero-order valence-electron chi connectivity index (χ0n) is 12.5. The summed E-state index contributed by atoms with van der Waals surface area (Å²) in [5, 5.41) is 2.85. The Labute approximate surface area is 130 Å². The van der Waals surface area contributed by atoms with Gasteiger partial charge < -0.3 is 19.5 Å². The van der Waals surface area contributed by atoms with Gasteiger partial charge in [-0.3, -0.25) is 4.79 Å². The van der Waals surface area contributed by atoms with E-state index in [2.05, 4.69) is 5.32 Å². The van der Waals surface area contributed by atoms with E-state index in [-0.39, 0.29) is 12.7 Å². The maximum atomic E-state index is 11.7. The molecule has 0 radical (unpaired) electrons. The third-order valence-corrected chi connectivity index (χ3v) is 3.64. The minimum atomic E-state index is -0.0974. The van der Waals surface area contributed by atoms with Crippen LogP contribution < -0.4 is 14.8 Å². The summed E-state index contributed by atoms with van der Waals surface area (Å²) in [6.07, 6.45) is 6.75. The first-order chi connectivity index (χ1) is 10.8. The van der Waals surface area contributed by atoms with Crippen molar-refractivity contribution in [3.05, 3.63) is 29.8 Å². The predicted molar refractivity (Wildman–Crippen MR) is 82.8 cm³/mol. The number of carbonyl (C=O) groups is 1. The third kappa shape index (κ3) is 4.49. The summed E-state index contributed by atoms with van der Waals surface area (Å²) in [5.41, 5.74) is 0.909. The van der Waals surface area contributed by atoms with E-state index in [0.717, 1.165) is 36.0 Å². The van der Waals surface area contributed by atoms with E-state index in [0.29, 0.717) is 13.2 Å². The third-order valence-electron chi connectivity index (χ3n) is 3.64. The fourth-order valence-electron chi connectivity index (χ4n) is 2.17. The van der Waals surface area contributed by atoms with Gasteiger partial charge in [0.25, 0.3) is 0 Å². The quantitative estimate of drug-likeness (QED) is 0.592. The average Bonchev–Trinajstić information content (AvgIpc) is 3.23. The van der Waals surface area contributed by atoms with Gasteiger partial charge in [0, 0.05) is 25.8 Å². The monoisotopic (exact) mass is 303 g/mol. The highest BCUT2D eigenvalue weighted by Gasteiger charge is 2.20. The fraction of sp³-hybridized carbons (Fsp3) is 0.471. The van der Waals surface area contributed by atoms with Crippen LogP contribution in [0.15, 0.2) is 24.3 Å². The van der Waals surface area contributed by atoms with E-state index in [1.807, 2.05) is 18.2 Å². The molecule has 5 nitrogen and oxygen atoms in total. The molecular formula is C17H21NO4. The lowest BCUT2D eigenvalue weighted by molar-refractivity contribution is -0.116. The van der Waals surface area contributed by atoms with Crippen molar-refractivity contribution in [2.24, 2.45) is 5.92 Å². The van der Waals surface area contributed by atoms with Gasteiger partial charge in [-0.25, -0.2) is 0 Å². The Kier molecular flexibility index (Phi) is 4.96. The summed E-state index contributed by atoms with van der Waals surface area (Å²) in [4.78, 5) is 11.7. The van der Waals surface area contributed by atoms with E-state index in [4.69, 9.17) is 14.2 Å². The molecule has 0 unspecified atom stereocenters. The number of fused-ring (bicyclic) bond motifs is 1. The zero-order chi connectivity index (χ0) is 15.2. The lowest BCUT2D eigenvalue weighted by Crippen LogP contribution is -2.23. The topological polar surface area (TPSA) is 56.8 Å². The summed E-state index contributed by atoms with van der Waals surface area (Å²) in [5.74, 6) is 2.15. The van der Waals surface area contributed by atoms with E-state index in [1.165, 1.54) is 18.9 Å². The molecule has 0 aromatic heterocycles. The molecule has 0 spiro atoms. The van der Waals surface area contributed by atoms with Crippen molar-refractivity contribution >= 4 is 12.0 Å². The summed E-state index contributed by atoms with van der Waals surface area (Å²) in [6, 6.07) is 5.60. The molecule has 1 aliphatic carbocycles. The van der Waals surface area contributed by atoms with Crippen LogP contribution in [0, 0.1) is 5.92 Å². The molecule has 118 valence electrons. The second-order valence-corrected chi connectivity index (χ2v) is 5.61. The van der Waals surface area contributed by atoms with E-state index >= 15 is 0 Å². The standard InChI is InChI=1S/C17H21NO4/c19-17(18-8-1-9-20-11-14-2-3-14)7-5-13-4-6-15-16(10-13)22-12-21-15/h4-7,10,14H,1-3,8-9,11-12H2,(H,18,19)/b7-5+. The number of amides is 1. The van der Waals surface area contributed by atoms with Crippen molar-refractivity contribution < 1.29 is 19.0 Å². The SMILES string of the molecule is O=C(/C=C/c1ccc2c(c1)OCO2)NCCCOCC1CC1. The van der Waals surface area contributed by atoms with Crippen molar-refractivity contribution in [1.82, 2.24) is 5.32 Å². The maximum absolute atomic E-state index is 11.7. The van der Waals surface area contributed by atoms with Crippen LogP contribution in [-0.2, 0) is 9.53 Å². The van der Waals surface area contributed by atoms with Crippen molar-refractivity contribution in [3.63, 3.8) is 0 Å². The molecule has 1 saturated carbocycles. The number of nitrogens with one attached hydrogen (secondary N) is 1. The molecule has 1 aromatic rings. The van der Waals surface area contributed by atoms with Gasteiger partial charge in [-0.2, -0.15) is 0 Å². The van der Waals surface area contributed by atoms with Crippen molar-refractivity contribution in [3.8, 4) is 11.5 Å². The summed E-state index contributed by atoms with van der Waals surface area (Å²) in [7, 11) is 0. The Balaban J connectivity index is 1.33. The van der Waals surface area contributed by atoms with Gasteiger partial charge in [0.2, 0.25) is 12.7 Å². The molecule has 0 saturated heterocycles. The van der Waals surface area contributed by atoms with Gasteiger partial charge in [0.05, 0.1) is 0 Å². The van der Waals surface area contributed by atoms with Crippen molar-refractivity contribution in [2.45, 2.75) is 19.3 Å². The van der Waals surface area contributed by atoms with Crippen LogP contribution >= 0.6 is 0 Å². The Bertz CT molecular complexity index is 552. The van der Waals surface area contributed by atoms with Gasteiger partial charge in [0.1, 0.15) is 0 Å². The van der Waals surface area contributed by atoms with Gasteiger partial charge in [0.15, 0.2) is 11.5 Å². The van der Waals surface area contributed by atoms with Crippen LogP contribution in [-0.4, -0.2) is 32.5 Å². The molecule has 2 aliphatic rings. The average molecular weight is 303 g/mol. The summed E-state index contributed by atoms with van der Waals surface area (Å²) < 4.78 is 16.1. The lowest BCUT2D eigenvalue weighted by atomic mass is 10.2. The van der Waals surface area contributed by atoms with Gasteiger partial charge in [-0.15, -0.1) is 0 Å².